The van der Waals surface area contributed by atoms with Gasteiger partial charge >= 0.3 is 0 Å². The predicted octanol–water partition coefficient (Wildman–Crippen LogP) is 2.38. The predicted molar refractivity (Wildman–Crippen MR) is 68.8 cm³/mol. The number of nitrogens with one attached hydrogen (secondary N) is 1. The summed E-state index contributed by atoms with van der Waals surface area (Å²) in [4.78, 5) is 2.25. The molecule has 1 aliphatic heterocycles. The molecule has 1 aromatic carbocycles. The lowest BCUT2D eigenvalue weighted by Crippen LogP contribution is -2.37. The largest absolute Gasteiger partial charge is 0.309 e. The summed E-state index contributed by atoms with van der Waals surface area (Å²) in [6.07, 6.45) is 1.09. The molecule has 1 N–H and O–H groups in total. The molecule has 17 heavy (non-hydrogen) atoms. The number of alkyl halides is 1. The van der Waals surface area contributed by atoms with E-state index in [1.165, 1.54) is 5.56 Å². The van der Waals surface area contributed by atoms with Gasteiger partial charge in [0.1, 0.15) is 6.67 Å². The Bertz CT molecular complexity index is 328. The van der Waals surface area contributed by atoms with E-state index in [4.69, 9.17) is 0 Å². The van der Waals surface area contributed by atoms with Crippen LogP contribution in [0.25, 0.3) is 0 Å². The maximum absolute atomic E-state index is 12.6. The number of rotatable bonds is 3. The van der Waals surface area contributed by atoms with Crippen LogP contribution in [-0.2, 0) is 0 Å². The second-order valence-electron chi connectivity index (χ2n) is 4.74. The lowest BCUT2D eigenvalue weighted by Gasteiger charge is -2.28. The van der Waals surface area contributed by atoms with Gasteiger partial charge in [-0.3, -0.25) is 4.90 Å². The van der Waals surface area contributed by atoms with Crippen LogP contribution < -0.4 is 5.32 Å². The van der Waals surface area contributed by atoms with E-state index in [1.54, 1.807) is 0 Å². The smallest absolute Gasteiger partial charge is 0.102 e. The highest BCUT2D eigenvalue weighted by Gasteiger charge is 2.23. The molecular weight excluding hydrogens is 215 g/mol. The molecule has 1 aromatic rings. The van der Waals surface area contributed by atoms with Gasteiger partial charge in [-0.1, -0.05) is 30.3 Å². The molecule has 3 heteroatoms. The average Bonchev–Trinajstić information content (AvgIpc) is 2.54. The van der Waals surface area contributed by atoms with Gasteiger partial charge in [0.2, 0.25) is 0 Å². The molecule has 0 saturated carbocycles. The number of halogens is 1. The third kappa shape index (κ3) is 3.27. The third-order valence-electron chi connectivity index (χ3n) is 3.57. The minimum Gasteiger partial charge on any atom is -0.309 e. The van der Waals surface area contributed by atoms with Crippen molar-refractivity contribution in [3.8, 4) is 0 Å². The molecule has 2 atom stereocenters. The van der Waals surface area contributed by atoms with Crippen LogP contribution in [0.15, 0.2) is 30.3 Å². The van der Waals surface area contributed by atoms with E-state index in [-0.39, 0.29) is 6.67 Å². The molecule has 0 spiro atoms. The lowest BCUT2D eigenvalue weighted by atomic mass is 10.1. The Balaban J connectivity index is 2.08. The summed E-state index contributed by atoms with van der Waals surface area (Å²) in [6, 6.07) is 11.2. The summed E-state index contributed by atoms with van der Waals surface area (Å²) in [5.74, 6) is 0. The van der Waals surface area contributed by atoms with Crippen LogP contribution in [0.1, 0.15) is 24.9 Å². The standard InChI is InChI=1S/C14H21FN2/c1-12-7-9-16-14(11-17(12)10-8-15)13-5-3-2-4-6-13/h2-6,12,14,16H,7-11H2,1H3. The maximum Gasteiger partial charge on any atom is 0.102 e. The first-order chi connectivity index (χ1) is 8.31. The first kappa shape index (κ1) is 12.5. The quantitative estimate of drug-likeness (QED) is 0.867. The number of hydrogen-bond acceptors (Lipinski definition) is 2. The summed E-state index contributed by atoms with van der Waals surface area (Å²) < 4.78 is 12.6. The van der Waals surface area contributed by atoms with Gasteiger partial charge in [0.15, 0.2) is 0 Å². The van der Waals surface area contributed by atoms with Crippen molar-refractivity contribution in [1.82, 2.24) is 10.2 Å². The number of hydrogen-bond donors (Lipinski definition) is 1. The Morgan fingerprint density at radius 3 is 2.82 bits per heavy atom. The first-order valence-electron chi connectivity index (χ1n) is 6.39. The molecule has 0 aromatic heterocycles. The molecule has 1 fully saturated rings. The van der Waals surface area contributed by atoms with Crippen molar-refractivity contribution in [2.45, 2.75) is 25.4 Å². The van der Waals surface area contributed by atoms with Gasteiger partial charge in [0, 0.05) is 25.2 Å². The van der Waals surface area contributed by atoms with Crippen molar-refractivity contribution in [3.63, 3.8) is 0 Å². The van der Waals surface area contributed by atoms with E-state index in [0.717, 1.165) is 19.5 Å². The SMILES string of the molecule is CC1CCNC(c2ccccc2)CN1CCF. The van der Waals surface area contributed by atoms with E-state index in [9.17, 15) is 4.39 Å². The highest BCUT2D eigenvalue weighted by atomic mass is 19.1. The second-order valence-corrected chi connectivity index (χ2v) is 4.74. The fraction of sp³-hybridized carbons (Fsp3) is 0.571. The van der Waals surface area contributed by atoms with Crippen molar-refractivity contribution in [2.24, 2.45) is 0 Å². The van der Waals surface area contributed by atoms with Crippen LogP contribution in [-0.4, -0.2) is 37.3 Å². The fourth-order valence-corrected chi connectivity index (χ4v) is 2.46. The molecule has 0 aliphatic carbocycles. The van der Waals surface area contributed by atoms with Crippen LogP contribution in [0.2, 0.25) is 0 Å². The van der Waals surface area contributed by atoms with E-state index in [0.29, 0.717) is 18.6 Å². The molecule has 1 heterocycles. The normalized spacial score (nSPS) is 26.7. The number of nitrogens with zero attached hydrogens (tertiary/aromatic N) is 1. The van der Waals surface area contributed by atoms with Crippen molar-refractivity contribution in [3.05, 3.63) is 35.9 Å². The summed E-state index contributed by atoms with van der Waals surface area (Å²) in [6.45, 7) is 4.38. The van der Waals surface area contributed by atoms with Gasteiger partial charge in [0.05, 0.1) is 0 Å². The summed E-state index contributed by atoms with van der Waals surface area (Å²) in [5, 5.41) is 3.55. The molecule has 1 aliphatic rings. The molecule has 94 valence electrons. The highest BCUT2D eigenvalue weighted by Crippen LogP contribution is 2.19. The minimum atomic E-state index is -0.258. The zero-order valence-electron chi connectivity index (χ0n) is 10.4. The summed E-state index contributed by atoms with van der Waals surface area (Å²) in [7, 11) is 0. The summed E-state index contributed by atoms with van der Waals surface area (Å²) in [5.41, 5.74) is 1.30. The molecular formula is C14H21FN2. The molecule has 2 unspecified atom stereocenters. The van der Waals surface area contributed by atoms with E-state index in [2.05, 4.69) is 41.4 Å². The van der Waals surface area contributed by atoms with Crippen LogP contribution in [0.5, 0.6) is 0 Å². The Labute approximate surface area is 103 Å². The van der Waals surface area contributed by atoms with Crippen LogP contribution >= 0.6 is 0 Å². The van der Waals surface area contributed by atoms with Gasteiger partial charge < -0.3 is 5.32 Å². The van der Waals surface area contributed by atoms with Gasteiger partial charge in [-0.25, -0.2) is 4.39 Å². The van der Waals surface area contributed by atoms with Crippen LogP contribution in [0.4, 0.5) is 4.39 Å². The van der Waals surface area contributed by atoms with Gasteiger partial charge in [0.25, 0.3) is 0 Å². The zero-order valence-corrected chi connectivity index (χ0v) is 10.4. The molecule has 2 nitrogen and oxygen atoms in total. The van der Waals surface area contributed by atoms with Crippen molar-refractivity contribution >= 4 is 0 Å². The van der Waals surface area contributed by atoms with Gasteiger partial charge in [-0.05, 0) is 25.5 Å². The van der Waals surface area contributed by atoms with E-state index < -0.39 is 0 Å². The van der Waals surface area contributed by atoms with Crippen LogP contribution in [0, 0.1) is 0 Å². The minimum absolute atomic E-state index is 0.258. The Kier molecular flexibility index (Phi) is 4.51. The topological polar surface area (TPSA) is 15.3 Å². The molecule has 0 amide bonds. The third-order valence-corrected chi connectivity index (χ3v) is 3.57. The monoisotopic (exact) mass is 236 g/mol. The molecule has 0 bridgehead atoms. The second kappa shape index (κ2) is 6.12. The fourth-order valence-electron chi connectivity index (χ4n) is 2.46. The Morgan fingerprint density at radius 1 is 1.35 bits per heavy atom. The average molecular weight is 236 g/mol. The van der Waals surface area contributed by atoms with Crippen molar-refractivity contribution in [2.75, 3.05) is 26.3 Å². The van der Waals surface area contributed by atoms with Crippen LogP contribution in [0.3, 0.4) is 0 Å². The van der Waals surface area contributed by atoms with E-state index in [1.807, 2.05) is 6.07 Å². The highest BCUT2D eigenvalue weighted by molar-refractivity contribution is 5.19. The summed E-state index contributed by atoms with van der Waals surface area (Å²) >= 11 is 0. The Morgan fingerprint density at radius 2 is 2.12 bits per heavy atom. The first-order valence-corrected chi connectivity index (χ1v) is 6.39. The molecule has 2 rings (SSSR count). The lowest BCUT2D eigenvalue weighted by molar-refractivity contribution is 0.188. The van der Waals surface area contributed by atoms with Gasteiger partial charge in [-0.15, -0.1) is 0 Å². The van der Waals surface area contributed by atoms with Crippen molar-refractivity contribution < 1.29 is 4.39 Å². The zero-order chi connectivity index (χ0) is 12.1. The van der Waals surface area contributed by atoms with E-state index >= 15 is 0 Å². The van der Waals surface area contributed by atoms with Crippen molar-refractivity contribution in [1.29, 1.82) is 0 Å². The maximum atomic E-state index is 12.6. The molecule has 1 saturated heterocycles. The number of benzene rings is 1. The molecule has 0 radical (unpaired) electrons. The Hall–Kier alpha value is -0.930. The van der Waals surface area contributed by atoms with Gasteiger partial charge in [-0.2, -0.15) is 0 Å².